The SMILES string of the molecule is CCC(N)(CO)Nc1ccc(C(F)(F)F)c(-c2[nH]nc3c2C=CC=C2C=C23)n1. The number of fused-ring (bicyclic) bond motifs is 3. The van der Waals surface area contributed by atoms with Crippen LogP contribution in [0.4, 0.5) is 19.0 Å². The third-order valence-electron chi connectivity index (χ3n) is 4.85. The quantitative estimate of drug-likeness (QED) is 0.588. The van der Waals surface area contributed by atoms with Crippen molar-refractivity contribution in [3.05, 3.63) is 52.8 Å². The second-order valence-electron chi connectivity index (χ2n) is 6.78. The number of anilines is 1. The molecule has 5 N–H and O–H groups in total. The molecule has 0 fully saturated rings. The molecule has 2 aliphatic rings. The largest absolute Gasteiger partial charge is 0.418 e. The van der Waals surface area contributed by atoms with Crippen molar-refractivity contribution in [1.29, 1.82) is 0 Å². The molecule has 1 atom stereocenters. The van der Waals surface area contributed by atoms with E-state index in [9.17, 15) is 18.3 Å². The predicted octanol–water partition coefficient (Wildman–Crippen LogP) is 3.31. The van der Waals surface area contributed by atoms with Crippen LogP contribution in [-0.2, 0) is 6.18 Å². The first kappa shape index (κ1) is 18.5. The van der Waals surface area contributed by atoms with Crippen LogP contribution in [0.3, 0.4) is 0 Å². The van der Waals surface area contributed by atoms with Crippen molar-refractivity contribution < 1.29 is 18.3 Å². The topological polar surface area (TPSA) is 99.8 Å². The highest BCUT2D eigenvalue weighted by atomic mass is 19.4. The zero-order chi connectivity index (χ0) is 20.1. The Morgan fingerprint density at radius 1 is 1.25 bits per heavy atom. The Morgan fingerprint density at radius 2 is 2.04 bits per heavy atom. The second kappa shape index (κ2) is 6.32. The summed E-state index contributed by atoms with van der Waals surface area (Å²) < 4.78 is 40.9. The normalized spacial score (nSPS) is 17.1. The van der Waals surface area contributed by atoms with Gasteiger partial charge in [0.1, 0.15) is 22.9 Å². The van der Waals surface area contributed by atoms with Crippen molar-refractivity contribution in [3.63, 3.8) is 0 Å². The summed E-state index contributed by atoms with van der Waals surface area (Å²) in [4.78, 5) is 4.18. The van der Waals surface area contributed by atoms with Gasteiger partial charge in [0.15, 0.2) is 0 Å². The van der Waals surface area contributed by atoms with Gasteiger partial charge in [-0.1, -0.05) is 25.2 Å². The average Bonchev–Trinajstić information content (AvgIpc) is 3.33. The standard InChI is InChI=1S/C19H18F3N5O/c1-2-18(23,9-28)25-14-7-6-13(19(20,21)22)17(24-14)16-11-5-3-4-10-8-12(10)15(11)26-27-16/h3-8,28H,2,9,23H2,1H3,(H,24,25)(H,26,27). The monoisotopic (exact) mass is 389 g/mol. The van der Waals surface area contributed by atoms with Crippen LogP contribution in [0.15, 0.2) is 35.9 Å². The van der Waals surface area contributed by atoms with Gasteiger partial charge < -0.3 is 16.2 Å². The average molecular weight is 389 g/mol. The summed E-state index contributed by atoms with van der Waals surface area (Å²) >= 11 is 0. The van der Waals surface area contributed by atoms with E-state index in [-0.39, 0.29) is 17.2 Å². The highest BCUT2D eigenvalue weighted by Gasteiger charge is 2.37. The molecule has 2 aliphatic carbocycles. The smallest absolute Gasteiger partial charge is 0.393 e. The van der Waals surface area contributed by atoms with E-state index in [1.165, 1.54) is 6.07 Å². The number of rotatable bonds is 5. The zero-order valence-corrected chi connectivity index (χ0v) is 14.9. The van der Waals surface area contributed by atoms with Gasteiger partial charge in [0.25, 0.3) is 0 Å². The molecule has 4 rings (SSSR count). The minimum absolute atomic E-state index is 0.131. The molecule has 9 heteroatoms. The minimum atomic E-state index is -4.60. The number of nitrogens with two attached hydrogens (primary N) is 1. The van der Waals surface area contributed by atoms with Crippen molar-refractivity contribution in [2.24, 2.45) is 5.73 Å². The van der Waals surface area contributed by atoms with Crippen LogP contribution in [0, 0.1) is 0 Å². The van der Waals surface area contributed by atoms with Crippen LogP contribution in [0.5, 0.6) is 0 Å². The summed E-state index contributed by atoms with van der Waals surface area (Å²) in [6.45, 7) is 1.36. The Morgan fingerprint density at radius 3 is 2.71 bits per heavy atom. The first-order valence-electron chi connectivity index (χ1n) is 8.71. The van der Waals surface area contributed by atoms with Crippen LogP contribution in [0.25, 0.3) is 23.0 Å². The summed E-state index contributed by atoms with van der Waals surface area (Å²) in [7, 11) is 0. The number of allylic oxidation sites excluding steroid dienone is 5. The van der Waals surface area contributed by atoms with Gasteiger partial charge in [0.2, 0.25) is 0 Å². The van der Waals surface area contributed by atoms with Crippen molar-refractivity contribution in [2.75, 3.05) is 11.9 Å². The molecule has 2 aromatic heterocycles. The molecule has 0 aliphatic heterocycles. The molecule has 0 aromatic carbocycles. The van der Waals surface area contributed by atoms with Gasteiger partial charge in [-0.25, -0.2) is 4.98 Å². The van der Waals surface area contributed by atoms with E-state index >= 15 is 0 Å². The Labute approximate surface area is 158 Å². The number of pyridine rings is 1. The molecular weight excluding hydrogens is 371 g/mol. The van der Waals surface area contributed by atoms with Crippen LogP contribution in [0.2, 0.25) is 0 Å². The van der Waals surface area contributed by atoms with Gasteiger partial charge in [-0.05, 0) is 30.2 Å². The van der Waals surface area contributed by atoms with Gasteiger partial charge in [0.05, 0.1) is 17.9 Å². The molecule has 146 valence electrons. The number of H-pyrrole nitrogens is 1. The van der Waals surface area contributed by atoms with Crippen molar-refractivity contribution in [1.82, 2.24) is 15.2 Å². The fourth-order valence-electron chi connectivity index (χ4n) is 3.05. The van der Waals surface area contributed by atoms with E-state index in [0.29, 0.717) is 17.7 Å². The molecule has 0 saturated heterocycles. The molecule has 0 spiro atoms. The number of hydrogen-bond donors (Lipinski definition) is 4. The number of aliphatic hydroxyl groups excluding tert-OH is 1. The van der Waals surface area contributed by atoms with Crippen LogP contribution < -0.4 is 11.1 Å². The maximum Gasteiger partial charge on any atom is 0.418 e. The summed E-state index contributed by atoms with van der Waals surface area (Å²) in [5.74, 6) is 0.131. The lowest BCUT2D eigenvalue weighted by molar-refractivity contribution is -0.137. The molecule has 1 unspecified atom stereocenters. The number of aromatic nitrogens is 3. The highest BCUT2D eigenvalue weighted by molar-refractivity contribution is 6.01. The number of halogens is 3. The minimum Gasteiger partial charge on any atom is -0.393 e. The molecule has 0 radical (unpaired) electrons. The summed E-state index contributed by atoms with van der Waals surface area (Å²) in [6.07, 6.45) is 3.02. The van der Waals surface area contributed by atoms with Gasteiger partial charge in [-0.15, -0.1) is 0 Å². The fourth-order valence-corrected chi connectivity index (χ4v) is 3.05. The number of aromatic amines is 1. The number of hydrogen-bond acceptors (Lipinski definition) is 5. The van der Waals surface area contributed by atoms with Crippen LogP contribution >= 0.6 is 0 Å². The maximum absolute atomic E-state index is 13.6. The molecule has 2 aromatic rings. The number of alkyl halides is 3. The summed E-state index contributed by atoms with van der Waals surface area (Å²) in [5, 5.41) is 19.2. The van der Waals surface area contributed by atoms with Gasteiger partial charge in [0, 0.05) is 11.1 Å². The lowest BCUT2D eigenvalue weighted by atomic mass is 10.0. The Bertz CT molecular complexity index is 1030. The Balaban J connectivity index is 1.84. The predicted molar refractivity (Wildman–Crippen MR) is 99.8 cm³/mol. The van der Waals surface area contributed by atoms with Crippen LogP contribution in [0.1, 0.15) is 30.2 Å². The van der Waals surface area contributed by atoms with Gasteiger partial charge >= 0.3 is 6.18 Å². The molecule has 0 saturated carbocycles. The van der Waals surface area contributed by atoms with E-state index in [1.54, 1.807) is 19.1 Å². The van der Waals surface area contributed by atoms with E-state index in [0.717, 1.165) is 17.2 Å². The molecule has 0 amide bonds. The third kappa shape index (κ3) is 3.12. The number of nitrogens with one attached hydrogen (secondary N) is 2. The Hall–Kier alpha value is -2.91. The number of aliphatic hydroxyl groups is 1. The molecule has 28 heavy (non-hydrogen) atoms. The summed E-state index contributed by atoms with van der Waals surface area (Å²) in [5.41, 5.74) is 6.87. The lowest BCUT2D eigenvalue weighted by Gasteiger charge is -2.28. The van der Waals surface area contributed by atoms with E-state index < -0.39 is 24.0 Å². The third-order valence-corrected chi connectivity index (χ3v) is 4.85. The number of nitrogens with zero attached hydrogens (tertiary/aromatic N) is 2. The summed E-state index contributed by atoms with van der Waals surface area (Å²) in [6, 6.07) is 2.15. The van der Waals surface area contributed by atoms with Gasteiger partial charge in [-0.2, -0.15) is 18.3 Å². The van der Waals surface area contributed by atoms with E-state index in [2.05, 4.69) is 20.5 Å². The molecular formula is C19H18F3N5O. The zero-order valence-electron chi connectivity index (χ0n) is 14.9. The van der Waals surface area contributed by atoms with Crippen molar-refractivity contribution in [3.8, 4) is 11.4 Å². The van der Waals surface area contributed by atoms with E-state index in [1.807, 2.05) is 12.2 Å². The lowest BCUT2D eigenvalue weighted by Crippen LogP contribution is -2.50. The second-order valence-corrected chi connectivity index (χ2v) is 6.78. The maximum atomic E-state index is 13.6. The van der Waals surface area contributed by atoms with E-state index in [4.69, 9.17) is 5.73 Å². The van der Waals surface area contributed by atoms with Crippen molar-refractivity contribution >= 4 is 17.5 Å². The molecule has 0 bridgehead atoms. The van der Waals surface area contributed by atoms with Crippen LogP contribution in [-0.4, -0.2) is 32.6 Å². The fraction of sp³-hybridized carbons (Fsp3) is 0.263. The van der Waals surface area contributed by atoms with Crippen molar-refractivity contribution in [2.45, 2.75) is 25.2 Å². The molecule has 6 nitrogen and oxygen atoms in total. The first-order chi connectivity index (χ1) is 13.3. The first-order valence-corrected chi connectivity index (χ1v) is 8.71. The Kier molecular flexibility index (Phi) is 4.16. The van der Waals surface area contributed by atoms with Gasteiger partial charge in [-0.3, -0.25) is 5.10 Å². The highest BCUT2D eigenvalue weighted by Crippen LogP contribution is 2.44. The molecule has 2 heterocycles.